The zero-order valence-electron chi connectivity index (χ0n) is 14.1. The Balaban J connectivity index is 1.66. The van der Waals surface area contributed by atoms with Crippen LogP contribution in [-0.2, 0) is 6.42 Å². The summed E-state index contributed by atoms with van der Waals surface area (Å²) in [6.45, 7) is 4.31. The summed E-state index contributed by atoms with van der Waals surface area (Å²) in [6, 6.07) is 19.1. The summed E-state index contributed by atoms with van der Waals surface area (Å²) >= 11 is 5.36. The first-order chi connectivity index (χ1) is 12.1. The average Bonchev–Trinajstić information content (AvgIpc) is 3.20. The van der Waals surface area contributed by atoms with E-state index >= 15 is 0 Å². The molecule has 4 aromatic rings. The van der Waals surface area contributed by atoms with Gasteiger partial charge in [0.1, 0.15) is 0 Å². The van der Waals surface area contributed by atoms with E-state index in [2.05, 4.69) is 70.5 Å². The fourth-order valence-electron chi connectivity index (χ4n) is 3.11. The van der Waals surface area contributed by atoms with Crippen LogP contribution in [0.3, 0.4) is 0 Å². The van der Waals surface area contributed by atoms with Gasteiger partial charge in [-0.3, -0.25) is 0 Å². The van der Waals surface area contributed by atoms with Crippen LogP contribution < -0.4 is 0 Å². The summed E-state index contributed by atoms with van der Waals surface area (Å²) in [4.78, 5) is 1.41. The van der Waals surface area contributed by atoms with Crippen LogP contribution in [0.4, 0.5) is 0 Å². The van der Waals surface area contributed by atoms with Crippen LogP contribution in [0.25, 0.3) is 21.4 Å². The van der Waals surface area contributed by atoms with Crippen LogP contribution in [0, 0.1) is 6.92 Å². The van der Waals surface area contributed by atoms with Crippen molar-refractivity contribution >= 4 is 37.4 Å². The zero-order valence-corrected chi connectivity index (χ0v) is 16.5. The monoisotopic (exact) mass is 411 g/mol. The minimum absolute atomic E-state index is 0.421. The molecule has 2 heterocycles. The van der Waals surface area contributed by atoms with E-state index in [0.29, 0.717) is 5.92 Å². The number of aromatic nitrogens is 1. The molecule has 0 amide bonds. The van der Waals surface area contributed by atoms with E-state index in [1.807, 2.05) is 30.4 Å². The quantitative estimate of drug-likeness (QED) is 0.362. The van der Waals surface area contributed by atoms with Crippen molar-refractivity contribution < 1.29 is 4.52 Å². The van der Waals surface area contributed by atoms with Gasteiger partial charge in [-0.25, -0.2) is 0 Å². The number of nitrogens with zero attached hydrogens (tertiary/aromatic N) is 1. The van der Waals surface area contributed by atoms with Gasteiger partial charge in [-0.1, -0.05) is 58.3 Å². The molecule has 1 unspecified atom stereocenters. The molecular formula is C21H18BrNOS. The summed E-state index contributed by atoms with van der Waals surface area (Å²) in [5.41, 5.74) is 3.25. The molecule has 2 aromatic heterocycles. The van der Waals surface area contributed by atoms with E-state index in [1.165, 1.54) is 20.5 Å². The third-order valence-corrected chi connectivity index (χ3v) is 6.41. The fraction of sp³-hybridized carbons (Fsp3) is 0.190. The van der Waals surface area contributed by atoms with Crippen molar-refractivity contribution in [3.63, 3.8) is 0 Å². The molecule has 0 aliphatic rings. The smallest absolute Gasteiger partial charge is 0.170 e. The van der Waals surface area contributed by atoms with Crippen LogP contribution in [-0.4, -0.2) is 5.16 Å². The molecule has 0 radical (unpaired) electrons. The molecule has 126 valence electrons. The van der Waals surface area contributed by atoms with Crippen molar-refractivity contribution in [1.29, 1.82) is 0 Å². The normalized spacial score (nSPS) is 12.6. The maximum Gasteiger partial charge on any atom is 0.170 e. The lowest BCUT2D eigenvalue weighted by Gasteiger charge is -2.10. The number of rotatable bonds is 4. The van der Waals surface area contributed by atoms with E-state index < -0.39 is 0 Å². The number of aryl methyl sites for hydroxylation is 1. The van der Waals surface area contributed by atoms with E-state index in [4.69, 9.17) is 4.52 Å². The molecule has 0 bridgehead atoms. The molecule has 0 spiro atoms. The third-order valence-electron chi connectivity index (χ3n) is 4.53. The van der Waals surface area contributed by atoms with Crippen molar-refractivity contribution in [3.05, 3.63) is 75.2 Å². The van der Waals surface area contributed by atoms with Gasteiger partial charge in [0.05, 0.1) is 5.69 Å². The number of hydrogen-bond donors (Lipinski definition) is 0. The Labute approximate surface area is 159 Å². The first-order valence-corrected chi connectivity index (χ1v) is 9.92. The molecule has 2 aromatic carbocycles. The van der Waals surface area contributed by atoms with Gasteiger partial charge in [-0.2, -0.15) is 0 Å². The van der Waals surface area contributed by atoms with Crippen molar-refractivity contribution in [2.24, 2.45) is 0 Å². The lowest BCUT2D eigenvalue weighted by atomic mass is 9.96. The number of benzene rings is 2. The summed E-state index contributed by atoms with van der Waals surface area (Å²) in [5, 5.41) is 5.55. The first-order valence-electron chi connectivity index (χ1n) is 8.31. The summed E-state index contributed by atoms with van der Waals surface area (Å²) in [7, 11) is 0. The lowest BCUT2D eigenvalue weighted by Crippen LogP contribution is -1.98. The molecule has 4 heteroatoms. The maximum atomic E-state index is 5.66. The number of halogens is 1. The Morgan fingerprint density at radius 2 is 1.88 bits per heavy atom. The maximum absolute atomic E-state index is 5.66. The molecule has 0 aliphatic carbocycles. The standard InChI is InChI=1S/C21H18BrNOS/c1-13(20-12-16-5-3-4-6-19(16)25-20)11-18-14(2)23-24-21(18)15-7-9-17(22)10-8-15/h3-10,12-13H,11H2,1-2H3. The SMILES string of the molecule is Cc1noc(-c2ccc(Br)cc2)c1CC(C)c1cc2ccccc2s1. The Morgan fingerprint density at radius 1 is 1.12 bits per heavy atom. The van der Waals surface area contributed by atoms with Crippen molar-refractivity contribution in [2.75, 3.05) is 0 Å². The predicted molar refractivity (Wildman–Crippen MR) is 108 cm³/mol. The van der Waals surface area contributed by atoms with Crippen LogP contribution in [0.2, 0.25) is 0 Å². The topological polar surface area (TPSA) is 26.0 Å². The summed E-state index contributed by atoms with van der Waals surface area (Å²) in [5.74, 6) is 1.31. The molecule has 1 atom stereocenters. The van der Waals surface area contributed by atoms with Gasteiger partial charge >= 0.3 is 0 Å². The second kappa shape index (κ2) is 6.77. The minimum Gasteiger partial charge on any atom is -0.356 e. The molecule has 4 rings (SSSR count). The highest BCUT2D eigenvalue weighted by atomic mass is 79.9. The molecule has 0 saturated carbocycles. The third kappa shape index (κ3) is 3.29. The zero-order chi connectivity index (χ0) is 17.4. The summed E-state index contributed by atoms with van der Waals surface area (Å²) < 4.78 is 8.06. The predicted octanol–water partition coefficient (Wildman–Crippen LogP) is 6.97. The largest absolute Gasteiger partial charge is 0.356 e. The molecular weight excluding hydrogens is 394 g/mol. The van der Waals surface area contributed by atoms with E-state index in [1.54, 1.807) is 0 Å². The Kier molecular flexibility index (Phi) is 4.48. The highest BCUT2D eigenvalue weighted by Crippen LogP contribution is 2.35. The highest BCUT2D eigenvalue weighted by Gasteiger charge is 2.19. The van der Waals surface area contributed by atoms with E-state index in [9.17, 15) is 0 Å². The molecule has 2 nitrogen and oxygen atoms in total. The second-order valence-corrected chi connectivity index (χ2v) is 8.41. The van der Waals surface area contributed by atoms with Crippen LogP contribution in [0.15, 0.2) is 63.6 Å². The fourth-order valence-corrected chi connectivity index (χ4v) is 4.49. The molecule has 0 fully saturated rings. The Morgan fingerprint density at radius 3 is 2.64 bits per heavy atom. The minimum atomic E-state index is 0.421. The number of thiophene rings is 1. The molecule has 0 N–H and O–H groups in total. The van der Waals surface area contributed by atoms with E-state index in [0.717, 1.165) is 27.9 Å². The summed E-state index contributed by atoms with van der Waals surface area (Å²) in [6.07, 6.45) is 0.924. The van der Waals surface area contributed by atoms with Gasteiger partial charge in [0.2, 0.25) is 0 Å². The van der Waals surface area contributed by atoms with Gasteiger partial charge in [-0.05, 0) is 48.9 Å². The van der Waals surface area contributed by atoms with E-state index in [-0.39, 0.29) is 0 Å². The lowest BCUT2D eigenvalue weighted by molar-refractivity contribution is 0.426. The highest BCUT2D eigenvalue weighted by molar-refractivity contribution is 9.10. The van der Waals surface area contributed by atoms with Gasteiger partial charge in [0.25, 0.3) is 0 Å². The molecule has 25 heavy (non-hydrogen) atoms. The van der Waals surface area contributed by atoms with Gasteiger partial charge in [0.15, 0.2) is 5.76 Å². The van der Waals surface area contributed by atoms with Gasteiger partial charge < -0.3 is 4.52 Å². The first kappa shape index (κ1) is 16.6. The van der Waals surface area contributed by atoms with Crippen molar-refractivity contribution in [3.8, 4) is 11.3 Å². The number of fused-ring (bicyclic) bond motifs is 1. The van der Waals surface area contributed by atoms with Crippen LogP contribution in [0.1, 0.15) is 29.0 Å². The van der Waals surface area contributed by atoms with Gasteiger partial charge in [0, 0.05) is 25.2 Å². The second-order valence-electron chi connectivity index (χ2n) is 6.37. The van der Waals surface area contributed by atoms with Crippen molar-refractivity contribution in [2.45, 2.75) is 26.2 Å². The van der Waals surface area contributed by atoms with Crippen LogP contribution in [0.5, 0.6) is 0 Å². The van der Waals surface area contributed by atoms with Crippen LogP contribution >= 0.6 is 27.3 Å². The Hall–Kier alpha value is -1.91. The molecule has 0 saturated heterocycles. The average molecular weight is 412 g/mol. The van der Waals surface area contributed by atoms with Gasteiger partial charge in [-0.15, -0.1) is 11.3 Å². The molecule has 0 aliphatic heterocycles. The van der Waals surface area contributed by atoms with Crippen molar-refractivity contribution in [1.82, 2.24) is 5.16 Å². The Bertz CT molecular complexity index is 983. The number of hydrogen-bond acceptors (Lipinski definition) is 3.